The summed E-state index contributed by atoms with van der Waals surface area (Å²) in [6.07, 6.45) is -9.48. The summed E-state index contributed by atoms with van der Waals surface area (Å²) in [5.41, 5.74) is 3.89. The molecule has 0 radical (unpaired) electrons. The Morgan fingerprint density at radius 2 is 0.747 bits per heavy atom. The van der Waals surface area contributed by atoms with Crippen LogP contribution in [-0.4, -0.2) is 154 Å². The summed E-state index contributed by atoms with van der Waals surface area (Å²) in [4.78, 5) is 54.2. The van der Waals surface area contributed by atoms with Crippen LogP contribution in [0.4, 0.5) is 0 Å². The van der Waals surface area contributed by atoms with Crippen molar-refractivity contribution < 1.29 is 95.7 Å². The molecular formula is C79H90O20. The third kappa shape index (κ3) is 22.2. The van der Waals surface area contributed by atoms with Gasteiger partial charge in [0.25, 0.3) is 0 Å². The van der Waals surface area contributed by atoms with Gasteiger partial charge >= 0.3 is 23.9 Å². The second kappa shape index (κ2) is 39.7. The summed E-state index contributed by atoms with van der Waals surface area (Å²) in [6, 6.07) is 62.9. The lowest BCUT2D eigenvalue weighted by atomic mass is 9.97. The van der Waals surface area contributed by atoms with E-state index in [1.54, 1.807) is 91.0 Å². The van der Waals surface area contributed by atoms with Gasteiger partial charge in [-0.1, -0.05) is 221 Å². The van der Waals surface area contributed by atoms with Crippen molar-refractivity contribution in [1.29, 1.82) is 0 Å². The minimum Gasteiger partial charge on any atom is -0.469 e. The van der Waals surface area contributed by atoms with Crippen molar-refractivity contribution in [3.05, 3.63) is 251 Å². The van der Waals surface area contributed by atoms with Crippen molar-refractivity contribution in [2.45, 2.75) is 177 Å². The van der Waals surface area contributed by atoms with Crippen LogP contribution >= 0.6 is 0 Å². The van der Waals surface area contributed by atoms with E-state index >= 15 is 0 Å². The molecule has 0 bridgehead atoms. The first-order valence-electron chi connectivity index (χ1n) is 34.2. The number of carbonyl (C=O) groups is 4. The minimum absolute atomic E-state index is 0.00287. The number of benzene rings is 7. The van der Waals surface area contributed by atoms with E-state index in [0.717, 1.165) is 73.6 Å². The fourth-order valence-electron chi connectivity index (χ4n) is 12.1. The molecule has 0 aromatic heterocycles. The van der Waals surface area contributed by atoms with Crippen LogP contribution in [0, 0.1) is 0 Å². The maximum absolute atomic E-state index is 14.5. The summed E-state index contributed by atoms with van der Waals surface area (Å²) in [5.74, 6) is -2.48. The van der Waals surface area contributed by atoms with Gasteiger partial charge in [0.05, 0.1) is 63.4 Å². The maximum Gasteiger partial charge on any atom is 0.338 e. The van der Waals surface area contributed by atoms with Gasteiger partial charge in [0.1, 0.15) is 61.5 Å². The van der Waals surface area contributed by atoms with Crippen molar-refractivity contribution in [1.82, 2.24) is 0 Å². The van der Waals surface area contributed by atoms with Crippen molar-refractivity contribution in [2.75, 3.05) is 33.5 Å². The van der Waals surface area contributed by atoms with Gasteiger partial charge < -0.3 is 76.5 Å². The van der Waals surface area contributed by atoms with Crippen LogP contribution in [0.5, 0.6) is 0 Å². The van der Waals surface area contributed by atoms with Crippen LogP contribution in [0.3, 0.4) is 0 Å². The van der Waals surface area contributed by atoms with Crippen LogP contribution in [0.1, 0.15) is 118 Å². The third-order valence-electron chi connectivity index (χ3n) is 17.4. The summed E-state index contributed by atoms with van der Waals surface area (Å²) in [7, 11) is 1.40. The Labute approximate surface area is 578 Å². The number of unbranched alkanes of at least 4 members (excludes halogenated alkanes) is 8. The van der Waals surface area contributed by atoms with Gasteiger partial charge in [-0.2, -0.15) is 0 Å². The van der Waals surface area contributed by atoms with Crippen molar-refractivity contribution >= 4 is 23.9 Å². The second-order valence-corrected chi connectivity index (χ2v) is 24.6. The van der Waals surface area contributed by atoms with Crippen LogP contribution in [0.2, 0.25) is 0 Å². The monoisotopic (exact) mass is 1360 g/mol. The predicted molar refractivity (Wildman–Crippen MR) is 362 cm³/mol. The van der Waals surface area contributed by atoms with E-state index in [0.29, 0.717) is 12.8 Å². The highest BCUT2D eigenvalue weighted by atomic mass is 16.8. The first kappa shape index (κ1) is 73.7. The fourth-order valence-corrected chi connectivity index (χ4v) is 12.1. The molecule has 20 nitrogen and oxygen atoms in total. The number of hydrogen-bond donors (Lipinski definition) is 2. The minimum atomic E-state index is -1.62. The molecule has 7 aromatic rings. The number of ether oxygens (including phenoxy) is 14. The van der Waals surface area contributed by atoms with E-state index in [1.807, 2.05) is 121 Å². The van der Waals surface area contributed by atoms with Crippen LogP contribution in [0.25, 0.3) is 0 Å². The quantitative estimate of drug-likeness (QED) is 0.0208. The van der Waals surface area contributed by atoms with Gasteiger partial charge in [-0.3, -0.25) is 4.79 Å². The molecule has 2 N–H and O–H groups in total. The normalized spacial score (nSPS) is 24.4. The zero-order valence-electron chi connectivity index (χ0n) is 55.8. The molecule has 526 valence electrons. The van der Waals surface area contributed by atoms with Crippen LogP contribution in [0.15, 0.2) is 212 Å². The lowest BCUT2D eigenvalue weighted by Gasteiger charge is -2.47. The Hall–Kier alpha value is -8.06. The largest absolute Gasteiger partial charge is 0.469 e. The molecule has 0 aliphatic carbocycles. The van der Waals surface area contributed by atoms with Gasteiger partial charge in [-0.25, -0.2) is 14.4 Å². The van der Waals surface area contributed by atoms with Crippen LogP contribution in [-0.2, 0) is 97.5 Å². The van der Waals surface area contributed by atoms with E-state index in [1.165, 1.54) is 7.11 Å². The zero-order chi connectivity index (χ0) is 68.8. The first-order valence-corrected chi connectivity index (χ1v) is 34.2. The Morgan fingerprint density at radius 1 is 0.364 bits per heavy atom. The Balaban J connectivity index is 0.989. The van der Waals surface area contributed by atoms with Crippen molar-refractivity contribution in [3.63, 3.8) is 0 Å². The number of hydrogen-bond acceptors (Lipinski definition) is 20. The van der Waals surface area contributed by atoms with Gasteiger partial charge in [0.2, 0.25) is 0 Å². The smallest absolute Gasteiger partial charge is 0.338 e. The molecule has 0 saturated carbocycles. The number of methoxy groups -OCH3 is 1. The number of carbonyl (C=O) groups excluding carboxylic acids is 4. The lowest BCUT2D eigenvalue weighted by Crippen LogP contribution is -2.64. The Bertz CT molecular complexity index is 3450. The number of rotatable bonds is 38. The van der Waals surface area contributed by atoms with E-state index in [9.17, 15) is 29.4 Å². The topological polar surface area (TPSA) is 238 Å². The van der Waals surface area contributed by atoms with Gasteiger partial charge in [0, 0.05) is 13.0 Å². The Kier molecular flexibility index (Phi) is 29.5. The van der Waals surface area contributed by atoms with E-state index in [4.69, 9.17) is 66.3 Å². The fraction of sp³-hybridized carbons (Fsp3) is 0.418. The molecule has 0 unspecified atom stereocenters. The molecule has 0 amide bonds. The van der Waals surface area contributed by atoms with E-state index in [-0.39, 0.29) is 62.3 Å². The van der Waals surface area contributed by atoms with Crippen molar-refractivity contribution in [3.8, 4) is 0 Å². The molecule has 3 aliphatic heterocycles. The number of aliphatic hydroxyl groups is 2. The SMILES string of the molecule is COC(=O)CCCCCCCCCCCO[C@@H]1O[C@H](CO[C@@H]2O[C@H](CO)[C@H](OCc3ccccc3)[C@H](OCc3ccccc3)[C@H]2O)[C@H](OCc2ccccc2)[C@H](OCc2ccccc2)[C@H]1O[C@@H]1O[C@@H](COC(=O)c2ccccc2)[C@H](OC(=O)c2ccccc2)[C@H]1OC(=O)c1ccccc1. The lowest BCUT2D eigenvalue weighted by molar-refractivity contribution is -0.361. The zero-order valence-corrected chi connectivity index (χ0v) is 55.8. The van der Waals surface area contributed by atoms with E-state index < -0.39 is 117 Å². The molecule has 7 aromatic carbocycles. The molecular weight excluding hydrogens is 1270 g/mol. The summed E-state index contributed by atoms with van der Waals surface area (Å²) in [5, 5.41) is 23.6. The molecule has 3 heterocycles. The highest BCUT2D eigenvalue weighted by molar-refractivity contribution is 5.91. The standard InChI is InChI=1S/C79H90O20/c1-86-65(81)46-30-7-5-3-2-4-6-8-31-47-87-78-73(99-79-72(98-76(85)61-44-28-15-29-45-61)69(97-75(84)60-42-26-14-27-43-60)64(96-79)53-92-74(83)59-40-24-13-25-41-59)71(91-52-58-38-22-12-23-39-58)68(89-50-56-34-18-10-19-35-56)63(95-78)54-93-77-66(82)70(90-51-57-36-20-11-21-37-57)67(62(48-80)94-77)88-49-55-32-16-9-17-33-55/h9-29,32-45,62-64,66-73,77-80,82H,2-8,30-31,46-54H2,1H3/t62-,63-,64+,66-,67+,68+,69+,70-,71+,72-,73-,77-,78-,79+/m1/s1. The maximum atomic E-state index is 14.5. The highest BCUT2D eigenvalue weighted by Crippen LogP contribution is 2.38. The van der Waals surface area contributed by atoms with Gasteiger partial charge in [-0.05, 0) is 71.5 Å². The number of aliphatic hydroxyl groups excluding tert-OH is 2. The molecule has 10 rings (SSSR count). The third-order valence-corrected chi connectivity index (χ3v) is 17.4. The average Bonchev–Trinajstić information content (AvgIpc) is 1.76. The summed E-state index contributed by atoms with van der Waals surface area (Å²) >= 11 is 0. The first-order chi connectivity index (χ1) is 48.6. The molecule has 3 aliphatic rings. The second-order valence-electron chi connectivity index (χ2n) is 24.6. The number of esters is 4. The Morgan fingerprint density at radius 3 is 1.22 bits per heavy atom. The summed E-state index contributed by atoms with van der Waals surface area (Å²) in [6.45, 7) is -0.928. The average molecular weight is 1360 g/mol. The molecule has 20 heteroatoms. The highest BCUT2D eigenvalue weighted by Gasteiger charge is 2.57. The predicted octanol–water partition coefficient (Wildman–Crippen LogP) is 11.7. The molecule has 0 spiro atoms. The molecule has 99 heavy (non-hydrogen) atoms. The molecule has 14 atom stereocenters. The van der Waals surface area contributed by atoms with Crippen molar-refractivity contribution in [2.24, 2.45) is 0 Å². The van der Waals surface area contributed by atoms with E-state index in [2.05, 4.69) is 0 Å². The van der Waals surface area contributed by atoms with Gasteiger partial charge in [0.15, 0.2) is 31.1 Å². The van der Waals surface area contributed by atoms with Crippen LogP contribution < -0.4 is 0 Å². The molecule has 3 saturated heterocycles. The van der Waals surface area contributed by atoms with Gasteiger partial charge in [-0.15, -0.1) is 0 Å². The molecule has 3 fully saturated rings. The summed E-state index contributed by atoms with van der Waals surface area (Å²) < 4.78 is 91.9.